The first-order valence-corrected chi connectivity index (χ1v) is 7.47. The second-order valence-electron chi connectivity index (χ2n) is 5.98. The normalized spacial score (nSPS) is 16.8. The summed E-state index contributed by atoms with van der Waals surface area (Å²) >= 11 is 0. The summed E-state index contributed by atoms with van der Waals surface area (Å²) in [6, 6.07) is 4.03. The van der Waals surface area contributed by atoms with E-state index in [0.29, 0.717) is 5.92 Å². The lowest BCUT2D eigenvalue weighted by atomic mass is 9.95. The summed E-state index contributed by atoms with van der Waals surface area (Å²) in [6.07, 6.45) is 2.01. The number of halogens is 4. The first kappa shape index (κ1) is 21.6. The molecule has 0 radical (unpaired) electrons. The standard InChI is InChI=1S/C16H24F2N2.2ClH/c1-12(2)3-4-16(20-7-5-19-6-8-20)13-9-14(17)11-15(18)10-13;;/h9-12,16,19H,3-8H2,1-2H3;2*1H/t16-;;/m1../s1. The van der Waals surface area contributed by atoms with Crippen LogP contribution >= 0.6 is 24.8 Å². The Hall–Kier alpha value is -0.420. The Balaban J connectivity index is 0.00000220. The fraction of sp³-hybridized carbons (Fsp3) is 0.625. The van der Waals surface area contributed by atoms with Gasteiger partial charge in [0.05, 0.1) is 0 Å². The molecular weight excluding hydrogens is 329 g/mol. The highest BCUT2D eigenvalue weighted by Crippen LogP contribution is 2.28. The molecule has 0 bridgehead atoms. The lowest BCUT2D eigenvalue weighted by Gasteiger charge is -2.35. The Morgan fingerprint density at radius 1 is 1.00 bits per heavy atom. The summed E-state index contributed by atoms with van der Waals surface area (Å²) in [5, 5.41) is 3.32. The lowest BCUT2D eigenvalue weighted by molar-refractivity contribution is 0.159. The van der Waals surface area contributed by atoms with E-state index in [1.807, 2.05) is 0 Å². The number of nitrogens with zero attached hydrogens (tertiary/aromatic N) is 1. The van der Waals surface area contributed by atoms with Crippen molar-refractivity contribution in [2.75, 3.05) is 26.2 Å². The Kier molecular flexibility index (Phi) is 10.2. The molecular formula is C16H26Cl2F2N2. The van der Waals surface area contributed by atoms with Crippen molar-refractivity contribution in [3.8, 4) is 0 Å². The third-order valence-electron chi connectivity index (χ3n) is 3.88. The molecule has 2 nitrogen and oxygen atoms in total. The highest BCUT2D eigenvalue weighted by Gasteiger charge is 2.23. The minimum Gasteiger partial charge on any atom is -0.314 e. The highest BCUT2D eigenvalue weighted by atomic mass is 35.5. The van der Waals surface area contributed by atoms with Gasteiger partial charge in [-0.1, -0.05) is 13.8 Å². The number of nitrogens with one attached hydrogen (secondary N) is 1. The monoisotopic (exact) mass is 354 g/mol. The van der Waals surface area contributed by atoms with E-state index >= 15 is 0 Å². The molecule has 1 N–H and O–H groups in total. The van der Waals surface area contributed by atoms with Crippen LogP contribution in [0.4, 0.5) is 8.78 Å². The molecule has 1 heterocycles. The van der Waals surface area contributed by atoms with Gasteiger partial charge in [0.25, 0.3) is 0 Å². The number of rotatable bonds is 5. The van der Waals surface area contributed by atoms with Crippen LogP contribution in [-0.4, -0.2) is 31.1 Å². The number of hydrogen-bond acceptors (Lipinski definition) is 2. The first-order valence-electron chi connectivity index (χ1n) is 7.47. The van der Waals surface area contributed by atoms with E-state index in [4.69, 9.17) is 0 Å². The Morgan fingerprint density at radius 3 is 2.05 bits per heavy atom. The molecule has 0 unspecified atom stereocenters. The van der Waals surface area contributed by atoms with Crippen molar-refractivity contribution in [2.45, 2.75) is 32.7 Å². The third-order valence-corrected chi connectivity index (χ3v) is 3.88. The van der Waals surface area contributed by atoms with Crippen molar-refractivity contribution in [2.24, 2.45) is 5.92 Å². The summed E-state index contributed by atoms with van der Waals surface area (Å²) in [5.74, 6) is -0.367. The molecule has 1 aliphatic rings. The predicted octanol–water partition coefficient (Wildman–Crippen LogP) is 4.19. The maximum atomic E-state index is 13.5. The Labute approximate surface area is 144 Å². The van der Waals surface area contributed by atoms with Crippen LogP contribution in [-0.2, 0) is 0 Å². The molecule has 1 atom stereocenters. The molecule has 1 fully saturated rings. The van der Waals surface area contributed by atoms with Crippen LogP contribution in [0.15, 0.2) is 18.2 Å². The van der Waals surface area contributed by atoms with E-state index in [1.165, 1.54) is 12.1 Å². The van der Waals surface area contributed by atoms with Crippen molar-refractivity contribution in [3.05, 3.63) is 35.4 Å². The minimum absolute atomic E-state index is 0. The molecule has 1 aliphatic heterocycles. The van der Waals surface area contributed by atoms with Crippen molar-refractivity contribution in [3.63, 3.8) is 0 Å². The van der Waals surface area contributed by atoms with Crippen molar-refractivity contribution < 1.29 is 8.78 Å². The smallest absolute Gasteiger partial charge is 0.126 e. The minimum atomic E-state index is -0.482. The Bertz CT molecular complexity index is 418. The van der Waals surface area contributed by atoms with E-state index < -0.39 is 11.6 Å². The lowest BCUT2D eigenvalue weighted by Crippen LogP contribution is -2.45. The van der Waals surface area contributed by atoms with Crippen LogP contribution in [0.1, 0.15) is 38.3 Å². The SMILES string of the molecule is CC(C)CC[C@H](c1cc(F)cc(F)c1)N1CCNCC1.Cl.Cl. The number of hydrogen-bond donors (Lipinski definition) is 1. The molecule has 2 rings (SSSR count). The molecule has 0 amide bonds. The van der Waals surface area contributed by atoms with Crippen LogP contribution in [0, 0.1) is 17.6 Å². The number of piperazine rings is 1. The highest BCUT2D eigenvalue weighted by molar-refractivity contribution is 5.85. The number of benzene rings is 1. The predicted molar refractivity (Wildman–Crippen MR) is 92.1 cm³/mol. The van der Waals surface area contributed by atoms with Gasteiger partial charge in [0.1, 0.15) is 11.6 Å². The average Bonchev–Trinajstić information content (AvgIpc) is 2.38. The van der Waals surface area contributed by atoms with Crippen LogP contribution in [0.3, 0.4) is 0 Å². The van der Waals surface area contributed by atoms with E-state index in [-0.39, 0.29) is 30.9 Å². The van der Waals surface area contributed by atoms with E-state index in [2.05, 4.69) is 24.1 Å². The molecule has 6 heteroatoms. The second kappa shape index (κ2) is 10.4. The molecule has 1 saturated heterocycles. The van der Waals surface area contributed by atoms with Gasteiger partial charge >= 0.3 is 0 Å². The van der Waals surface area contributed by atoms with Crippen molar-refractivity contribution in [1.82, 2.24) is 10.2 Å². The van der Waals surface area contributed by atoms with Gasteiger partial charge in [-0.3, -0.25) is 4.90 Å². The molecule has 0 saturated carbocycles. The topological polar surface area (TPSA) is 15.3 Å². The van der Waals surface area contributed by atoms with Crippen molar-refractivity contribution in [1.29, 1.82) is 0 Å². The summed E-state index contributed by atoms with van der Waals surface area (Å²) in [4.78, 5) is 2.34. The quantitative estimate of drug-likeness (QED) is 0.852. The van der Waals surface area contributed by atoms with Gasteiger partial charge in [-0.15, -0.1) is 24.8 Å². The fourth-order valence-corrected chi connectivity index (χ4v) is 2.81. The summed E-state index contributed by atoms with van der Waals surface area (Å²) in [7, 11) is 0. The molecule has 22 heavy (non-hydrogen) atoms. The summed E-state index contributed by atoms with van der Waals surface area (Å²) in [6.45, 7) is 8.11. The molecule has 128 valence electrons. The van der Waals surface area contributed by atoms with E-state index in [1.54, 1.807) is 0 Å². The van der Waals surface area contributed by atoms with Crippen LogP contribution < -0.4 is 5.32 Å². The van der Waals surface area contributed by atoms with Crippen LogP contribution in [0.2, 0.25) is 0 Å². The summed E-state index contributed by atoms with van der Waals surface area (Å²) < 4.78 is 27.0. The summed E-state index contributed by atoms with van der Waals surface area (Å²) in [5.41, 5.74) is 0.769. The molecule has 1 aromatic carbocycles. The maximum Gasteiger partial charge on any atom is 0.126 e. The maximum absolute atomic E-state index is 13.5. The fourth-order valence-electron chi connectivity index (χ4n) is 2.81. The van der Waals surface area contributed by atoms with Gasteiger partial charge in [0.15, 0.2) is 0 Å². The van der Waals surface area contributed by atoms with Crippen LogP contribution in [0.25, 0.3) is 0 Å². The molecule has 0 aliphatic carbocycles. The molecule has 1 aromatic rings. The zero-order chi connectivity index (χ0) is 14.5. The van der Waals surface area contributed by atoms with Gasteiger partial charge in [-0.25, -0.2) is 8.78 Å². The largest absolute Gasteiger partial charge is 0.314 e. The zero-order valence-corrected chi connectivity index (χ0v) is 14.8. The van der Waals surface area contributed by atoms with Crippen LogP contribution in [0.5, 0.6) is 0 Å². The molecule has 0 aromatic heterocycles. The average molecular weight is 355 g/mol. The van der Waals surface area contributed by atoms with Crippen molar-refractivity contribution >= 4 is 24.8 Å². The molecule has 0 spiro atoms. The van der Waals surface area contributed by atoms with Gasteiger partial charge in [-0.05, 0) is 36.5 Å². The van der Waals surface area contributed by atoms with E-state index in [9.17, 15) is 8.78 Å². The van der Waals surface area contributed by atoms with Gasteiger partial charge in [0, 0.05) is 38.3 Å². The van der Waals surface area contributed by atoms with E-state index in [0.717, 1.165) is 50.7 Å². The van der Waals surface area contributed by atoms with Gasteiger partial charge < -0.3 is 5.32 Å². The van der Waals surface area contributed by atoms with Gasteiger partial charge in [-0.2, -0.15) is 0 Å². The zero-order valence-electron chi connectivity index (χ0n) is 13.1. The first-order chi connectivity index (χ1) is 9.56. The van der Waals surface area contributed by atoms with Gasteiger partial charge in [0.2, 0.25) is 0 Å². The second-order valence-corrected chi connectivity index (χ2v) is 5.98. The third kappa shape index (κ3) is 6.37. The Morgan fingerprint density at radius 2 is 1.55 bits per heavy atom.